The lowest BCUT2D eigenvalue weighted by Gasteiger charge is -2.38. The molecule has 2 aliphatic carbocycles. The van der Waals surface area contributed by atoms with Gasteiger partial charge in [-0.05, 0) is 37.5 Å². The Hall–Kier alpha value is -0.870. The van der Waals surface area contributed by atoms with Gasteiger partial charge in [0.05, 0.1) is 12.7 Å². The van der Waals surface area contributed by atoms with E-state index in [0.717, 1.165) is 19.3 Å². The van der Waals surface area contributed by atoms with Crippen LogP contribution >= 0.6 is 0 Å². The topological polar surface area (TPSA) is 66.8 Å². The molecule has 0 aromatic carbocycles. The third kappa shape index (κ3) is 1.69. The Morgan fingerprint density at radius 2 is 2.21 bits per heavy atom. The zero-order valence-electron chi connectivity index (χ0n) is 11.3. The van der Waals surface area contributed by atoms with Gasteiger partial charge in [0.25, 0.3) is 0 Å². The minimum absolute atomic E-state index is 0.0200. The summed E-state index contributed by atoms with van der Waals surface area (Å²) in [4.78, 5) is 11.7. The summed E-state index contributed by atoms with van der Waals surface area (Å²) in [6, 6.07) is 0. The third-order valence-electron chi connectivity index (χ3n) is 5.76. The molecule has 0 radical (unpaired) electrons. The molecule has 1 aliphatic heterocycles. The van der Waals surface area contributed by atoms with Crippen LogP contribution < -0.4 is 0 Å². The summed E-state index contributed by atoms with van der Waals surface area (Å²) in [6.45, 7) is 5.98. The molecule has 0 aromatic rings. The molecule has 3 fully saturated rings. The van der Waals surface area contributed by atoms with Gasteiger partial charge < -0.3 is 14.9 Å². The van der Waals surface area contributed by atoms with E-state index in [-0.39, 0.29) is 24.6 Å². The fourth-order valence-electron chi connectivity index (χ4n) is 4.66. The highest BCUT2D eigenvalue weighted by Crippen LogP contribution is 2.56. The van der Waals surface area contributed by atoms with Crippen LogP contribution in [0.3, 0.4) is 0 Å². The summed E-state index contributed by atoms with van der Waals surface area (Å²) in [7, 11) is 0. The number of rotatable bonds is 1. The minimum atomic E-state index is -0.479. The molecule has 4 heteroatoms. The summed E-state index contributed by atoms with van der Waals surface area (Å²) in [6.07, 6.45) is 2.53. The molecule has 6 atom stereocenters. The Labute approximate surface area is 113 Å². The fraction of sp³-hybridized carbons (Fsp3) is 0.800. The second kappa shape index (κ2) is 4.32. The van der Waals surface area contributed by atoms with Crippen molar-refractivity contribution in [1.82, 2.24) is 0 Å². The molecule has 3 rings (SSSR count). The molecule has 0 amide bonds. The van der Waals surface area contributed by atoms with Crippen molar-refractivity contribution in [3.8, 4) is 0 Å². The maximum atomic E-state index is 11.7. The number of hydrogen-bond acceptors (Lipinski definition) is 4. The minimum Gasteiger partial charge on any atom is -0.458 e. The van der Waals surface area contributed by atoms with Crippen LogP contribution in [-0.4, -0.2) is 35.0 Å². The van der Waals surface area contributed by atoms with E-state index in [1.165, 1.54) is 0 Å². The number of carbonyl (C=O) groups is 1. The maximum absolute atomic E-state index is 11.7. The zero-order chi connectivity index (χ0) is 13.8. The number of carbonyl (C=O) groups excluding carboxylic acids is 1. The Morgan fingerprint density at radius 3 is 2.89 bits per heavy atom. The van der Waals surface area contributed by atoms with Crippen molar-refractivity contribution in [2.24, 2.45) is 23.2 Å². The first-order valence-corrected chi connectivity index (χ1v) is 7.18. The summed E-state index contributed by atoms with van der Waals surface area (Å²) >= 11 is 0. The summed E-state index contributed by atoms with van der Waals surface area (Å²) in [5, 5.41) is 20.3. The summed E-state index contributed by atoms with van der Waals surface area (Å²) < 4.78 is 5.42. The summed E-state index contributed by atoms with van der Waals surface area (Å²) in [5.41, 5.74) is 0.0419. The van der Waals surface area contributed by atoms with Crippen LogP contribution in [0, 0.1) is 23.2 Å². The zero-order valence-corrected chi connectivity index (χ0v) is 11.3. The molecule has 1 heterocycles. The molecule has 0 bridgehead atoms. The van der Waals surface area contributed by atoms with E-state index < -0.39 is 11.5 Å². The molecule has 0 unspecified atom stereocenters. The molecule has 106 valence electrons. The lowest BCUT2D eigenvalue weighted by Crippen LogP contribution is -2.42. The van der Waals surface area contributed by atoms with Crippen molar-refractivity contribution in [3.05, 3.63) is 12.2 Å². The number of aliphatic hydroxyl groups excluding tert-OH is 2. The normalized spacial score (nSPS) is 49.5. The molecular weight excluding hydrogens is 244 g/mol. The van der Waals surface area contributed by atoms with Crippen molar-refractivity contribution >= 4 is 5.97 Å². The second-order valence-electron chi connectivity index (χ2n) is 6.58. The highest BCUT2D eigenvalue weighted by atomic mass is 16.6. The van der Waals surface area contributed by atoms with E-state index in [1.54, 1.807) is 0 Å². The first-order valence-electron chi connectivity index (χ1n) is 7.18. The quantitative estimate of drug-likeness (QED) is 0.554. The molecule has 0 aromatic heterocycles. The van der Waals surface area contributed by atoms with Crippen molar-refractivity contribution in [3.63, 3.8) is 0 Å². The third-order valence-corrected chi connectivity index (χ3v) is 5.76. The number of esters is 1. The molecule has 4 nitrogen and oxygen atoms in total. The van der Waals surface area contributed by atoms with Gasteiger partial charge in [-0.25, -0.2) is 4.79 Å². The van der Waals surface area contributed by atoms with Crippen LogP contribution in [0.1, 0.15) is 32.6 Å². The van der Waals surface area contributed by atoms with E-state index in [0.29, 0.717) is 23.8 Å². The van der Waals surface area contributed by atoms with Crippen molar-refractivity contribution in [2.75, 3.05) is 6.61 Å². The van der Waals surface area contributed by atoms with Crippen molar-refractivity contribution < 1.29 is 19.7 Å². The monoisotopic (exact) mass is 266 g/mol. The van der Waals surface area contributed by atoms with Crippen LogP contribution in [0.2, 0.25) is 0 Å². The lowest BCUT2D eigenvalue weighted by molar-refractivity contribution is -0.139. The summed E-state index contributed by atoms with van der Waals surface area (Å²) in [5.74, 6) is 0.309. The molecule has 19 heavy (non-hydrogen) atoms. The van der Waals surface area contributed by atoms with Crippen LogP contribution in [-0.2, 0) is 9.53 Å². The molecule has 3 aliphatic rings. The lowest BCUT2D eigenvalue weighted by atomic mass is 9.68. The van der Waals surface area contributed by atoms with Gasteiger partial charge >= 0.3 is 5.97 Å². The van der Waals surface area contributed by atoms with Gasteiger partial charge in [0.2, 0.25) is 0 Å². The fourth-order valence-corrected chi connectivity index (χ4v) is 4.66. The van der Waals surface area contributed by atoms with E-state index in [9.17, 15) is 15.0 Å². The van der Waals surface area contributed by atoms with Crippen LogP contribution in [0.15, 0.2) is 12.2 Å². The van der Waals surface area contributed by atoms with E-state index in [1.807, 2.05) is 0 Å². The van der Waals surface area contributed by atoms with Gasteiger partial charge in [-0.15, -0.1) is 0 Å². The molecule has 0 spiro atoms. The van der Waals surface area contributed by atoms with Gasteiger partial charge in [-0.3, -0.25) is 0 Å². The smallest absolute Gasteiger partial charge is 0.334 e. The molecule has 1 saturated heterocycles. The number of fused-ring (bicyclic) bond motifs is 2. The first kappa shape index (κ1) is 13.1. The Morgan fingerprint density at radius 1 is 1.47 bits per heavy atom. The van der Waals surface area contributed by atoms with Gasteiger partial charge in [-0.2, -0.15) is 0 Å². The highest BCUT2D eigenvalue weighted by molar-refractivity contribution is 5.90. The Balaban J connectivity index is 1.99. The molecule has 2 saturated carbocycles. The number of hydrogen-bond donors (Lipinski definition) is 2. The second-order valence-corrected chi connectivity index (χ2v) is 6.58. The van der Waals surface area contributed by atoms with Crippen LogP contribution in [0.4, 0.5) is 0 Å². The average Bonchev–Trinajstić information content (AvgIpc) is 2.78. The Kier molecular flexibility index (Phi) is 2.98. The number of aliphatic hydroxyl groups is 2. The largest absolute Gasteiger partial charge is 0.458 e. The number of ether oxygens (including phenoxy) is 1. The SMILES string of the molecule is C=C1C(=O)O[C@H]2C[C@@H](C)[C@H]3CC[C@@H](O)[C@]3(CO)C[C@@H]12. The van der Waals surface area contributed by atoms with E-state index >= 15 is 0 Å². The van der Waals surface area contributed by atoms with Gasteiger partial charge in [-0.1, -0.05) is 13.5 Å². The van der Waals surface area contributed by atoms with Crippen LogP contribution in [0.25, 0.3) is 0 Å². The predicted octanol–water partition coefficient (Wildman–Crippen LogP) is 1.26. The highest BCUT2D eigenvalue weighted by Gasteiger charge is 2.57. The standard InChI is InChI=1S/C15H22O4/c1-8-5-12-10(9(2)14(18)19-12)6-15(7-16)11(8)3-4-13(15)17/h8,10-13,16-17H,2-7H2,1H3/t8-,10+,11-,12+,13-,15+/m1/s1. The molecule has 2 N–H and O–H groups in total. The molecular formula is C15H22O4. The predicted molar refractivity (Wildman–Crippen MR) is 69.2 cm³/mol. The van der Waals surface area contributed by atoms with Gasteiger partial charge in [0.15, 0.2) is 0 Å². The van der Waals surface area contributed by atoms with E-state index in [4.69, 9.17) is 4.74 Å². The average molecular weight is 266 g/mol. The van der Waals surface area contributed by atoms with Crippen molar-refractivity contribution in [2.45, 2.75) is 44.8 Å². The van der Waals surface area contributed by atoms with Gasteiger partial charge in [0.1, 0.15) is 6.10 Å². The first-order chi connectivity index (χ1) is 8.99. The maximum Gasteiger partial charge on any atom is 0.334 e. The van der Waals surface area contributed by atoms with E-state index in [2.05, 4.69) is 13.5 Å². The Bertz CT molecular complexity index is 418. The van der Waals surface area contributed by atoms with Gasteiger partial charge in [0, 0.05) is 16.9 Å². The van der Waals surface area contributed by atoms with Crippen molar-refractivity contribution in [1.29, 1.82) is 0 Å². The van der Waals surface area contributed by atoms with Crippen LogP contribution in [0.5, 0.6) is 0 Å².